The third-order valence-electron chi connectivity index (χ3n) is 2.90. The van der Waals surface area contributed by atoms with Crippen LogP contribution in [0.4, 0.5) is 0 Å². The van der Waals surface area contributed by atoms with Crippen molar-refractivity contribution in [1.82, 2.24) is 5.32 Å². The molecule has 2 nitrogen and oxygen atoms in total. The van der Waals surface area contributed by atoms with Gasteiger partial charge in [0, 0.05) is 10.6 Å². The van der Waals surface area contributed by atoms with Gasteiger partial charge in [0.15, 0.2) is 0 Å². The van der Waals surface area contributed by atoms with Crippen LogP contribution in [0.1, 0.15) is 28.7 Å². The number of furan rings is 1. The summed E-state index contributed by atoms with van der Waals surface area (Å²) in [6, 6.07) is 10.00. The van der Waals surface area contributed by atoms with E-state index in [-0.39, 0.29) is 6.04 Å². The first kappa shape index (κ1) is 12.2. The number of hydrogen-bond donors (Lipinski definition) is 1. The van der Waals surface area contributed by atoms with Gasteiger partial charge < -0.3 is 9.73 Å². The molecular formula is C14H16ClNO. The van der Waals surface area contributed by atoms with Crippen LogP contribution in [0.5, 0.6) is 0 Å². The number of benzene rings is 1. The van der Waals surface area contributed by atoms with Crippen molar-refractivity contribution in [3.8, 4) is 0 Å². The zero-order valence-corrected chi connectivity index (χ0v) is 11.0. The highest BCUT2D eigenvalue weighted by Crippen LogP contribution is 2.31. The van der Waals surface area contributed by atoms with Crippen molar-refractivity contribution in [2.45, 2.75) is 19.9 Å². The minimum atomic E-state index is 0.0705. The van der Waals surface area contributed by atoms with Gasteiger partial charge in [0.2, 0.25) is 0 Å². The Kier molecular flexibility index (Phi) is 3.55. The Hall–Kier alpha value is -1.25. The van der Waals surface area contributed by atoms with Crippen LogP contribution in [-0.2, 0) is 0 Å². The molecule has 1 aromatic heterocycles. The van der Waals surface area contributed by atoms with E-state index in [0.29, 0.717) is 0 Å². The molecule has 1 unspecified atom stereocenters. The third-order valence-corrected chi connectivity index (χ3v) is 3.24. The minimum Gasteiger partial charge on any atom is -0.466 e. The van der Waals surface area contributed by atoms with Crippen LogP contribution in [-0.4, -0.2) is 7.05 Å². The lowest BCUT2D eigenvalue weighted by Crippen LogP contribution is -2.18. The average molecular weight is 250 g/mol. The molecule has 1 N–H and O–H groups in total. The van der Waals surface area contributed by atoms with E-state index >= 15 is 0 Å². The second-order valence-corrected chi connectivity index (χ2v) is 4.52. The molecule has 0 amide bonds. The fourth-order valence-corrected chi connectivity index (χ4v) is 2.37. The van der Waals surface area contributed by atoms with Crippen LogP contribution in [0, 0.1) is 13.8 Å². The molecule has 0 saturated carbocycles. The molecule has 2 aromatic rings. The molecule has 0 bridgehead atoms. The molecule has 1 atom stereocenters. The monoisotopic (exact) mass is 249 g/mol. The number of rotatable bonds is 3. The predicted octanol–water partition coefficient (Wildman–Crippen LogP) is 3.86. The molecule has 0 fully saturated rings. The molecule has 2 rings (SSSR count). The predicted molar refractivity (Wildman–Crippen MR) is 70.5 cm³/mol. The van der Waals surface area contributed by atoms with Crippen LogP contribution in [0.25, 0.3) is 0 Å². The molecule has 0 aliphatic carbocycles. The second kappa shape index (κ2) is 4.94. The highest BCUT2D eigenvalue weighted by Gasteiger charge is 2.19. The summed E-state index contributed by atoms with van der Waals surface area (Å²) in [5.41, 5.74) is 2.21. The molecule has 0 spiro atoms. The van der Waals surface area contributed by atoms with Gasteiger partial charge in [-0.05, 0) is 38.6 Å². The lowest BCUT2D eigenvalue weighted by atomic mass is 9.99. The minimum absolute atomic E-state index is 0.0705. The van der Waals surface area contributed by atoms with E-state index in [0.717, 1.165) is 27.7 Å². The zero-order valence-electron chi connectivity index (χ0n) is 10.3. The summed E-state index contributed by atoms with van der Waals surface area (Å²) in [4.78, 5) is 0. The quantitative estimate of drug-likeness (QED) is 0.894. The van der Waals surface area contributed by atoms with E-state index in [9.17, 15) is 0 Å². The summed E-state index contributed by atoms with van der Waals surface area (Å²) in [7, 11) is 1.93. The summed E-state index contributed by atoms with van der Waals surface area (Å²) in [5, 5.41) is 4.05. The first-order valence-corrected chi connectivity index (χ1v) is 6.00. The lowest BCUT2D eigenvalue weighted by Gasteiger charge is -2.17. The number of hydrogen-bond acceptors (Lipinski definition) is 2. The Balaban J connectivity index is 2.47. The Bertz CT molecular complexity index is 519. The van der Waals surface area contributed by atoms with Gasteiger partial charge in [0.1, 0.15) is 11.5 Å². The normalized spacial score (nSPS) is 12.7. The molecule has 0 aliphatic rings. The molecular weight excluding hydrogens is 234 g/mol. The molecule has 3 heteroatoms. The molecule has 1 heterocycles. The molecule has 1 aromatic carbocycles. The van der Waals surface area contributed by atoms with E-state index in [2.05, 4.69) is 11.4 Å². The molecule has 0 radical (unpaired) electrons. The lowest BCUT2D eigenvalue weighted by molar-refractivity contribution is 0.497. The third kappa shape index (κ3) is 2.38. The first-order valence-electron chi connectivity index (χ1n) is 5.62. The van der Waals surface area contributed by atoms with Crippen molar-refractivity contribution >= 4 is 11.6 Å². The summed E-state index contributed by atoms with van der Waals surface area (Å²) >= 11 is 6.24. The van der Waals surface area contributed by atoms with Gasteiger partial charge in [-0.1, -0.05) is 29.8 Å². The molecule has 17 heavy (non-hydrogen) atoms. The van der Waals surface area contributed by atoms with Gasteiger partial charge in [0.05, 0.1) is 6.04 Å². The van der Waals surface area contributed by atoms with Crippen LogP contribution in [0.3, 0.4) is 0 Å². The van der Waals surface area contributed by atoms with E-state index in [4.69, 9.17) is 16.0 Å². The SMILES string of the molecule is CNC(c1ccccc1Cl)c1cc(C)oc1C. The Morgan fingerprint density at radius 2 is 1.88 bits per heavy atom. The fourth-order valence-electron chi connectivity index (χ4n) is 2.12. The van der Waals surface area contributed by atoms with Gasteiger partial charge in [-0.25, -0.2) is 0 Å². The van der Waals surface area contributed by atoms with Crippen LogP contribution in [0.15, 0.2) is 34.7 Å². The maximum Gasteiger partial charge on any atom is 0.106 e. The van der Waals surface area contributed by atoms with Gasteiger partial charge in [-0.2, -0.15) is 0 Å². The Morgan fingerprint density at radius 3 is 2.41 bits per heavy atom. The first-order chi connectivity index (χ1) is 8.13. The average Bonchev–Trinajstić information content (AvgIpc) is 2.62. The van der Waals surface area contributed by atoms with E-state index < -0.39 is 0 Å². The van der Waals surface area contributed by atoms with Gasteiger partial charge in [-0.3, -0.25) is 0 Å². The van der Waals surface area contributed by atoms with Crippen LogP contribution >= 0.6 is 11.6 Å². The topological polar surface area (TPSA) is 25.2 Å². The summed E-state index contributed by atoms with van der Waals surface area (Å²) in [6.07, 6.45) is 0. The maximum absolute atomic E-state index is 6.24. The van der Waals surface area contributed by atoms with E-state index in [1.807, 2.05) is 45.2 Å². The summed E-state index contributed by atoms with van der Waals surface area (Å²) in [6.45, 7) is 3.93. The number of aryl methyl sites for hydroxylation is 2. The van der Waals surface area contributed by atoms with Gasteiger partial charge in [0.25, 0.3) is 0 Å². The van der Waals surface area contributed by atoms with E-state index in [1.54, 1.807) is 0 Å². The van der Waals surface area contributed by atoms with Crippen molar-refractivity contribution in [1.29, 1.82) is 0 Å². The number of halogens is 1. The highest BCUT2D eigenvalue weighted by molar-refractivity contribution is 6.31. The van der Waals surface area contributed by atoms with Crippen molar-refractivity contribution in [3.05, 3.63) is 58.0 Å². The van der Waals surface area contributed by atoms with Crippen molar-refractivity contribution < 1.29 is 4.42 Å². The highest BCUT2D eigenvalue weighted by atomic mass is 35.5. The fraction of sp³-hybridized carbons (Fsp3) is 0.286. The second-order valence-electron chi connectivity index (χ2n) is 4.11. The molecule has 0 saturated heterocycles. The zero-order chi connectivity index (χ0) is 12.4. The standard InChI is InChI=1S/C14H16ClNO/c1-9-8-12(10(2)17-9)14(16-3)11-6-4-5-7-13(11)15/h4-8,14,16H,1-3H3. The van der Waals surface area contributed by atoms with Crippen molar-refractivity contribution in [2.75, 3.05) is 7.05 Å². The largest absolute Gasteiger partial charge is 0.466 e. The molecule has 90 valence electrons. The smallest absolute Gasteiger partial charge is 0.106 e. The van der Waals surface area contributed by atoms with Gasteiger partial charge in [-0.15, -0.1) is 0 Å². The van der Waals surface area contributed by atoms with Crippen molar-refractivity contribution in [2.24, 2.45) is 0 Å². The summed E-state index contributed by atoms with van der Waals surface area (Å²) in [5.74, 6) is 1.85. The van der Waals surface area contributed by atoms with Crippen LogP contribution in [0.2, 0.25) is 5.02 Å². The van der Waals surface area contributed by atoms with Crippen molar-refractivity contribution in [3.63, 3.8) is 0 Å². The van der Waals surface area contributed by atoms with Gasteiger partial charge >= 0.3 is 0 Å². The Labute approximate surface area is 107 Å². The summed E-state index contributed by atoms with van der Waals surface area (Å²) < 4.78 is 5.58. The molecule has 0 aliphatic heterocycles. The number of nitrogens with one attached hydrogen (secondary N) is 1. The Morgan fingerprint density at radius 1 is 1.18 bits per heavy atom. The maximum atomic E-state index is 6.24. The van der Waals surface area contributed by atoms with Crippen LogP contribution < -0.4 is 5.32 Å². The van der Waals surface area contributed by atoms with E-state index in [1.165, 1.54) is 0 Å².